The highest BCUT2D eigenvalue weighted by Crippen LogP contribution is 2.29. The van der Waals surface area contributed by atoms with Crippen molar-refractivity contribution in [3.8, 4) is 0 Å². The number of halogens is 2. The van der Waals surface area contributed by atoms with Crippen LogP contribution in [-0.2, 0) is 4.79 Å². The second-order valence-corrected chi connectivity index (χ2v) is 4.15. The van der Waals surface area contributed by atoms with E-state index < -0.39 is 5.82 Å². The van der Waals surface area contributed by atoms with Gasteiger partial charge in [0.1, 0.15) is 5.82 Å². The van der Waals surface area contributed by atoms with Gasteiger partial charge in [-0.05, 0) is 31.0 Å². The monoisotopic (exact) mass is 227 g/mol. The number of rotatable bonds is 2. The van der Waals surface area contributed by atoms with Gasteiger partial charge in [0.05, 0.1) is 10.7 Å². The number of anilines is 1. The number of benzene rings is 1. The minimum atomic E-state index is -0.401. The van der Waals surface area contributed by atoms with Gasteiger partial charge in [0.2, 0.25) is 5.91 Å². The Morgan fingerprint density at radius 3 is 2.73 bits per heavy atom. The average Bonchev–Trinajstić information content (AvgIpc) is 2.07. The summed E-state index contributed by atoms with van der Waals surface area (Å²) < 4.78 is 12.7. The van der Waals surface area contributed by atoms with Crippen molar-refractivity contribution in [1.29, 1.82) is 0 Å². The number of hydrogen-bond donors (Lipinski definition) is 1. The Balaban J connectivity index is 2.06. The zero-order chi connectivity index (χ0) is 10.8. The average molecular weight is 228 g/mol. The smallest absolute Gasteiger partial charge is 0.227 e. The normalized spacial score (nSPS) is 15.9. The summed E-state index contributed by atoms with van der Waals surface area (Å²) in [7, 11) is 0. The van der Waals surface area contributed by atoms with Crippen LogP contribution in [0.4, 0.5) is 10.1 Å². The Morgan fingerprint density at radius 2 is 2.20 bits per heavy atom. The number of hydrogen-bond acceptors (Lipinski definition) is 1. The van der Waals surface area contributed by atoms with E-state index in [1.54, 1.807) is 0 Å². The summed E-state index contributed by atoms with van der Waals surface area (Å²) >= 11 is 5.78. The number of carbonyl (C=O) groups excluding carboxylic acids is 1. The lowest BCUT2D eigenvalue weighted by Gasteiger charge is -2.24. The van der Waals surface area contributed by atoms with E-state index in [1.165, 1.54) is 18.2 Å². The van der Waals surface area contributed by atoms with Crippen LogP contribution in [0.5, 0.6) is 0 Å². The summed E-state index contributed by atoms with van der Waals surface area (Å²) in [6.07, 6.45) is 2.98. The molecule has 0 aliphatic heterocycles. The number of amides is 1. The van der Waals surface area contributed by atoms with Crippen molar-refractivity contribution in [2.75, 3.05) is 5.32 Å². The van der Waals surface area contributed by atoms with Gasteiger partial charge in [-0.2, -0.15) is 0 Å². The molecule has 1 amide bonds. The number of carbonyl (C=O) groups is 1. The van der Waals surface area contributed by atoms with Crippen molar-refractivity contribution < 1.29 is 9.18 Å². The molecule has 0 atom stereocenters. The van der Waals surface area contributed by atoms with Crippen LogP contribution in [0, 0.1) is 11.7 Å². The minimum absolute atomic E-state index is 0.0187. The van der Waals surface area contributed by atoms with Gasteiger partial charge in [-0.1, -0.05) is 18.0 Å². The molecular weight excluding hydrogens is 217 g/mol. The van der Waals surface area contributed by atoms with Crippen LogP contribution in [-0.4, -0.2) is 5.91 Å². The number of nitrogens with one attached hydrogen (secondary N) is 1. The Hall–Kier alpha value is -1.09. The van der Waals surface area contributed by atoms with Crippen LogP contribution in [0.2, 0.25) is 5.02 Å². The van der Waals surface area contributed by atoms with Gasteiger partial charge in [0, 0.05) is 5.92 Å². The van der Waals surface area contributed by atoms with Crippen LogP contribution < -0.4 is 5.32 Å². The molecule has 1 saturated carbocycles. The van der Waals surface area contributed by atoms with E-state index in [-0.39, 0.29) is 16.8 Å². The van der Waals surface area contributed by atoms with E-state index in [4.69, 9.17) is 11.6 Å². The minimum Gasteiger partial charge on any atom is -0.325 e. The maximum atomic E-state index is 12.7. The van der Waals surface area contributed by atoms with Crippen molar-refractivity contribution in [1.82, 2.24) is 0 Å². The topological polar surface area (TPSA) is 29.1 Å². The van der Waals surface area contributed by atoms with Gasteiger partial charge in [0.15, 0.2) is 0 Å². The maximum Gasteiger partial charge on any atom is 0.227 e. The third kappa shape index (κ3) is 2.29. The van der Waals surface area contributed by atoms with E-state index in [0.29, 0.717) is 5.69 Å². The molecule has 80 valence electrons. The first-order valence-corrected chi connectivity index (χ1v) is 5.30. The molecule has 15 heavy (non-hydrogen) atoms. The standard InChI is InChI=1S/C11H11ClFNO/c12-9-6-8(13)4-5-10(9)14-11(15)7-2-1-3-7/h4-7H,1-3H2,(H,14,15). The summed E-state index contributed by atoms with van der Waals surface area (Å²) in [5.41, 5.74) is 0.481. The Bertz CT molecular complexity index is 390. The third-order valence-electron chi connectivity index (χ3n) is 2.66. The van der Waals surface area contributed by atoms with Crippen LogP contribution in [0.15, 0.2) is 18.2 Å². The molecule has 0 unspecified atom stereocenters. The zero-order valence-electron chi connectivity index (χ0n) is 8.09. The second-order valence-electron chi connectivity index (χ2n) is 3.74. The molecule has 1 N–H and O–H groups in total. The van der Waals surface area contributed by atoms with Crippen molar-refractivity contribution in [3.63, 3.8) is 0 Å². The lowest BCUT2D eigenvalue weighted by atomic mass is 9.85. The molecule has 1 fully saturated rings. The van der Waals surface area contributed by atoms with Gasteiger partial charge in [-0.3, -0.25) is 4.79 Å². The first-order valence-electron chi connectivity index (χ1n) is 4.93. The molecule has 1 aliphatic rings. The summed E-state index contributed by atoms with van der Waals surface area (Å²) in [5, 5.41) is 2.94. The molecule has 2 nitrogen and oxygen atoms in total. The van der Waals surface area contributed by atoms with E-state index in [0.717, 1.165) is 19.3 Å². The molecule has 4 heteroatoms. The summed E-state index contributed by atoms with van der Waals surface area (Å²) in [6.45, 7) is 0. The Kier molecular flexibility index (Phi) is 2.91. The lowest BCUT2D eigenvalue weighted by molar-refractivity contribution is -0.122. The molecule has 0 heterocycles. The molecule has 0 radical (unpaired) electrons. The zero-order valence-corrected chi connectivity index (χ0v) is 8.85. The highest BCUT2D eigenvalue weighted by atomic mass is 35.5. The first-order chi connectivity index (χ1) is 7.16. The molecule has 0 spiro atoms. The van der Waals surface area contributed by atoms with Gasteiger partial charge in [-0.15, -0.1) is 0 Å². The molecule has 0 aromatic heterocycles. The van der Waals surface area contributed by atoms with Gasteiger partial charge in [0.25, 0.3) is 0 Å². The fraction of sp³-hybridized carbons (Fsp3) is 0.364. The summed E-state index contributed by atoms with van der Waals surface area (Å²) in [6, 6.07) is 3.95. The SMILES string of the molecule is O=C(Nc1ccc(F)cc1Cl)C1CCC1. The van der Waals surface area contributed by atoms with Crippen molar-refractivity contribution >= 4 is 23.2 Å². The van der Waals surface area contributed by atoms with Crippen molar-refractivity contribution in [3.05, 3.63) is 29.0 Å². The lowest BCUT2D eigenvalue weighted by Crippen LogP contribution is -2.28. The fourth-order valence-corrected chi connectivity index (χ4v) is 1.71. The van der Waals surface area contributed by atoms with Crippen molar-refractivity contribution in [2.24, 2.45) is 5.92 Å². The van der Waals surface area contributed by atoms with Gasteiger partial charge in [-0.25, -0.2) is 4.39 Å². The van der Waals surface area contributed by atoms with Crippen LogP contribution >= 0.6 is 11.6 Å². The van der Waals surface area contributed by atoms with Crippen LogP contribution in [0.1, 0.15) is 19.3 Å². The van der Waals surface area contributed by atoms with Gasteiger partial charge >= 0.3 is 0 Å². The van der Waals surface area contributed by atoms with Crippen molar-refractivity contribution in [2.45, 2.75) is 19.3 Å². The van der Waals surface area contributed by atoms with E-state index >= 15 is 0 Å². The predicted octanol–water partition coefficient (Wildman–Crippen LogP) is 3.22. The molecule has 0 bridgehead atoms. The van der Waals surface area contributed by atoms with Gasteiger partial charge < -0.3 is 5.32 Å². The maximum absolute atomic E-state index is 12.7. The molecule has 1 aliphatic carbocycles. The molecule has 2 rings (SSSR count). The third-order valence-corrected chi connectivity index (χ3v) is 2.98. The molecule has 1 aromatic rings. The van der Waals surface area contributed by atoms with Crippen LogP contribution in [0.25, 0.3) is 0 Å². The van der Waals surface area contributed by atoms with E-state index in [1.807, 2.05) is 0 Å². The largest absolute Gasteiger partial charge is 0.325 e. The predicted molar refractivity (Wildman–Crippen MR) is 57.4 cm³/mol. The van der Waals surface area contributed by atoms with E-state index in [2.05, 4.69) is 5.32 Å². The highest BCUT2D eigenvalue weighted by Gasteiger charge is 2.25. The summed E-state index contributed by atoms with van der Waals surface area (Å²) in [4.78, 5) is 11.6. The van der Waals surface area contributed by atoms with Crippen LogP contribution in [0.3, 0.4) is 0 Å². The molecular formula is C11H11ClFNO. The highest BCUT2D eigenvalue weighted by molar-refractivity contribution is 6.33. The fourth-order valence-electron chi connectivity index (χ4n) is 1.50. The Labute approximate surface area is 92.4 Å². The molecule has 1 aromatic carbocycles. The first kappa shape index (κ1) is 10.4. The summed E-state index contributed by atoms with van der Waals surface area (Å²) in [5.74, 6) is -0.317. The van der Waals surface area contributed by atoms with E-state index in [9.17, 15) is 9.18 Å². The Morgan fingerprint density at radius 1 is 1.47 bits per heavy atom. The quantitative estimate of drug-likeness (QED) is 0.826. The molecule has 0 saturated heterocycles. The second kappa shape index (κ2) is 4.19.